The van der Waals surface area contributed by atoms with Crippen LogP contribution in [0.5, 0.6) is 0 Å². The molecule has 1 aromatic rings. The van der Waals surface area contributed by atoms with E-state index in [4.69, 9.17) is 0 Å². The number of thiazole rings is 1. The summed E-state index contributed by atoms with van der Waals surface area (Å²) in [6, 6.07) is 0. The van der Waals surface area contributed by atoms with Crippen molar-refractivity contribution in [2.45, 2.75) is 27.7 Å². The van der Waals surface area contributed by atoms with Crippen molar-refractivity contribution < 1.29 is 4.79 Å². The summed E-state index contributed by atoms with van der Waals surface area (Å²) in [5.41, 5.74) is 0.695. The Morgan fingerprint density at radius 1 is 1.50 bits per heavy atom. The molecule has 14 heavy (non-hydrogen) atoms. The normalized spacial score (nSPS) is 12.3. The number of aromatic nitrogens is 1. The number of nitrogens with zero attached hydrogens (tertiary/aromatic N) is 1. The molecule has 1 heterocycles. The van der Waals surface area contributed by atoms with E-state index in [0.29, 0.717) is 0 Å². The molecule has 3 heteroatoms. The lowest BCUT2D eigenvalue weighted by Crippen LogP contribution is -2.17. The molecule has 1 rings (SSSR count). The van der Waals surface area contributed by atoms with E-state index in [9.17, 15) is 4.79 Å². The number of rotatable bonds is 2. The summed E-state index contributed by atoms with van der Waals surface area (Å²) in [6.07, 6.45) is 3.39. The van der Waals surface area contributed by atoms with Crippen LogP contribution in [0.1, 0.15) is 31.5 Å². The number of carbonyl (C=O) groups excluding carboxylic acids is 1. The molecule has 0 N–H and O–H groups in total. The van der Waals surface area contributed by atoms with Crippen LogP contribution in [-0.4, -0.2) is 10.8 Å². The first-order chi connectivity index (χ1) is 6.39. The van der Waals surface area contributed by atoms with Gasteiger partial charge in [-0.25, -0.2) is 4.98 Å². The average Bonchev–Trinajstić information content (AvgIpc) is 2.45. The standard InChI is InChI=1S/C11H15NOS/c1-8-7-14-10(12-8)6-5-9(13)11(2,3)4/h5-7H,1-4H3/b6-5+. The molecule has 2 nitrogen and oxygen atoms in total. The van der Waals surface area contributed by atoms with Gasteiger partial charge in [0.05, 0.1) is 0 Å². The largest absolute Gasteiger partial charge is 0.294 e. The molecule has 0 saturated carbocycles. The highest BCUT2D eigenvalue weighted by Gasteiger charge is 2.17. The molecule has 0 unspecified atom stereocenters. The summed E-state index contributed by atoms with van der Waals surface area (Å²) in [5.74, 6) is 0.130. The minimum absolute atomic E-state index is 0.130. The van der Waals surface area contributed by atoms with Crippen molar-refractivity contribution in [2.75, 3.05) is 0 Å². The number of hydrogen-bond acceptors (Lipinski definition) is 3. The van der Waals surface area contributed by atoms with Gasteiger partial charge in [-0.15, -0.1) is 11.3 Å². The molecule has 0 aliphatic rings. The van der Waals surface area contributed by atoms with Crippen LogP contribution in [0.4, 0.5) is 0 Å². The Labute approximate surface area is 88.7 Å². The lowest BCUT2D eigenvalue weighted by atomic mass is 9.91. The van der Waals surface area contributed by atoms with Crippen LogP contribution in [0.25, 0.3) is 6.08 Å². The van der Waals surface area contributed by atoms with E-state index in [0.717, 1.165) is 10.7 Å². The summed E-state index contributed by atoms with van der Waals surface area (Å²) >= 11 is 1.55. The third-order valence-electron chi connectivity index (χ3n) is 1.75. The second-order valence-corrected chi connectivity index (χ2v) is 5.16. The predicted octanol–water partition coefficient (Wildman–Crippen LogP) is 3.08. The van der Waals surface area contributed by atoms with E-state index in [1.807, 2.05) is 33.1 Å². The quantitative estimate of drug-likeness (QED) is 0.701. The maximum Gasteiger partial charge on any atom is 0.161 e. The maximum atomic E-state index is 11.5. The van der Waals surface area contributed by atoms with E-state index in [1.54, 1.807) is 23.5 Å². The minimum Gasteiger partial charge on any atom is -0.294 e. The van der Waals surface area contributed by atoms with Gasteiger partial charge in [0.2, 0.25) is 0 Å². The second kappa shape index (κ2) is 4.05. The zero-order valence-corrected chi connectivity index (χ0v) is 9.81. The second-order valence-electron chi connectivity index (χ2n) is 4.27. The number of aryl methyl sites for hydroxylation is 1. The maximum absolute atomic E-state index is 11.5. The highest BCUT2D eigenvalue weighted by atomic mass is 32.1. The Morgan fingerprint density at radius 3 is 2.57 bits per heavy atom. The van der Waals surface area contributed by atoms with Crippen LogP contribution in [-0.2, 0) is 4.79 Å². The van der Waals surface area contributed by atoms with Crippen LogP contribution in [0.3, 0.4) is 0 Å². The molecule has 0 spiro atoms. The first-order valence-corrected chi connectivity index (χ1v) is 5.42. The van der Waals surface area contributed by atoms with Gasteiger partial charge in [-0.05, 0) is 19.1 Å². The number of ketones is 1. The molecule has 0 saturated heterocycles. The highest BCUT2D eigenvalue weighted by Crippen LogP contribution is 2.17. The summed E-state index contributed by atoms with van der Waals surface area (Å²) in [6.45, 7) is 7.67. The van der Waals surface area contributed by atoms with E-state index in [1.165, 1.54) is 0 Å². The molecule has 0 aliphatic carbocycles. The summed E-state index contributed by atoms with van der Waals surface area (Å²) < 4.78 is 0. The Kier molecular flexibility index (Phi) is 3.21. The highest BCUT2D eigenvalue weighted by molar-refractivity contribution is 7.10. The van der Waals surface area contributed by atoms with Crippen molar-refractivity contribution in [1.82, 2.24) is 4.98 Å². The van der Waals surface area contributed by atoms with E-state index in [2.05, 4.69) is 4.98 Å². The number of hydrogen-bond donors (Lipinski definition) is 0. The van der Waals surface area contributed by atoms with Crippen molar-refractivity contribution in [3.8, 4) is 0 Å². The Morgan fingerprint density at radius 2 is 2.14 bits per heavy atom. The van der Waals surface area contributed by atoms with Crippen LogP contribution < -0.4 is 0 Å². The van der Waals surface area contributed by atoms with Gasteiger partial charge in [0.15, 0.2) is 5.78 Å². The molecule has 0 amide bonds. The lowest BCUT2D eigenvalue weighted by Gasteiger charge is -2.12. The van der Waals surface area contributed by atoms with E-state index in [-0.39, 0.29) is 11.2 Å². The number of allylic oxidation sites excluding steroid dienone is 1. The molecule has 1 aromatic heterocycles. The molecular weight excluding hydrogens is 194 g/mol. The zero-order valence-electron chi connectivity index (χ0n) is 9.00. The molecule has 76 valence electrons. The van der Waals surface area contributed by atoms with Gasteiger partial charge in [0.25, 0.3) is 0 Å². The number of carbonyl (C=O) groups is 1. The summed E-state index contributed by atoms with van der Waals surface area (Å²) in [7, 11) is 0. The van der Waals surface area contributed by atoms with Gasteiger partial charge in [-0.3, -0.25) is 4.79 Å². The molecule has 0 fully saturated rings. The van der Waals surface area contributed by atoms with Crippen LogP contribution in [0, 0.1) is 12.3 Å². The minimum atomic E-state index is -0.303. The van der Waals surface area contributed by atoms with Gasteiger partial charge in [-0.1, -0.05) is 20.8 Å². The molecule has 0 atom stereocenters. The third-order valence-corrected chi connectivity index (χ3v) is 2.68. The van der Waals surface area contributed by atoms with Gasteiger partial charge >= 0.3 is 0 Å². The van der Waals surface area contributed by atoms with E-state index >= 15 is 0 Å². The van der Waals surface area contributed by atoms with Crippen LogP contribution in [0.15, 0.2) is 11.5 Å². The fourth-order valence-electron chi connectivity index (χ4n) is 0.846. The molecule has 0 aromatic carbocycles. The molecular formula is C11H15NOS. The zero-order chi connectivity index (χ0) is 10.8. The molecule has 0 radical (unpaired) electrons. The van der Waals surface area contributed by atoms with Crippen molar-refractivity contribution in [2.24, 2.45) is 5.41 Å². The average molecular weight is 209 g/mol. The first kappa shape index (κ1) is 11.1. The van der Waals surface area contributed by atoms with Gasteiger partial charge < -0.3 is 0 Å². The summed E-state index contributed by atoms with van der Waals surface area (Å²) in [4.78, 5) is 15.8. The van der Waals surface area contributed by atoms with Crippen molar-refractivity contribution in [1.29, 1.82) is 0 Å². The van der Waals surface area contributed by atoms with Gasteiger partial charge in [0.1, 0.15) is 5.01 Å². The van der Waals surface area contributed by atoms with Crippen molar-refractivity contribution in [3.63, 3.8) is 0 Å². The third kappa shape index (κ3) is 3.07. The summed E-state index contributed by atoms with van der Waals surface area (Å²) in [5, 5.41) is 2.86. The SMILES string of the molecule is Cc1csc(/C=C/C(=O)C(C)(C)C)n1. The fourth-order valence-corrected chi connectivity index (χ4v) is 1.53. The predicted molar refractivity (Wildman–Crippen MR) is 60.3 cm³/mol. The van der Waals surface area contributed by atoms with Crippen molar-refractivity contribution in [3.05, 3.63) is 22.2 Å². The fraction of sp³-hybridized carbons (Fsp3) is 0.455. The first-order valence-electron chi connectivity index (χ1n) is 4.54. The van der Waals surface area contributed by atoms with Crippen molar-refractivity contribution >= 4 is 23.2 Å². The van der Waals surface area contributed by atoms with E-state index < -0.39 is 0 Å². The topological polar surface area (TPSA) is 30.0 Å². The lowest BCUT2D eigenvalue weighted by molar-refractivity contribution is -0.121. The monoisotopic (exact) mass is 209 g/mol. The smallest absolute Gasteiger partial charge is 0.161 e. The Bertz CT molecular complexity index is 358. The van der Waals surface area contributed by atoms with Crippen LogP contribution >= 0.6 is 11.3 Å². The van der Waals surface area contributed by atoms with Gasteiger partial charge in [-0.2, -0.15) is 0 Å². The molecule has 0 bridgehead atoms. The van der Waals surface area contributed by atoms with Gasteiger partial charge in [0, 0.05) is 16.5 Å². The van der Waals surface area contributed by atoms with Crippen LogP contribution in [0.2, 0.25) is 0 Å². The Hall–Kier alpha value is -0.960. The Balaban J connectivity index is 2.70. The molecule has 0 aliphatic heterocycles.